The Labute approximate surface area is 177 Å². The topological polar surface area (TPSA) is 127 Å². The van der Waals surface area contributed by atoms with Gasteiger partial charge in [0.25, 0.3) is 5.56 Å². The second-order valence-corrected chi connectivity index (χ2v) is 7.35. The largest absolute Gasteiger partial charge is 0.434 e. The fraction of sp³-hybridized carbons (Fsp3) is 0.176. The normalized spacial score (nSPS) is 13.2. The summed E-state index contributed by atoms with van der Waals surface area (Å²) in [6, 6.07) is 5.98. The van der Waals surface area contributed by atoms with Crippen LogP contribution in [0.1, 0.15) is 30.0 Å². The van der Waals surface area contributed by atoms with E-state index in [9.17, 15) is 9.59 Å². The van der Waals surface area contributed by atoms with Gasteiger partial charge in [-0.15, -0.1) is 15.3 Å². The molecule has 1 N–H and O–H groups in total. The van der Waals surface area contributed by atoms with Crippen LogP contribution in [0.3, 0.4) is 0 Å². The molecule has 2 heterocycles. The molecule has 1 aliphatic carbocycles. The third-order valence-corrected chi connectivity index (χ3v) is 4.99. The molecule has 3 aromatic rings. The van der Waals surface area contributed by atoms with E-state index in [4.69, 9.17) is 44.8 Å². The van der Waals surface area contributed by atoms with Crippen molar-refractivity contribution in [3.8, 4) is 23.4 Å². The van der Waals surface area contributed by atoms with Gasteiger partial charge in [-0.2, -0.15) is 9.94 Å². The highest BCUT2D eigenvalue weighted by Crippen LogP contribution is 2.44. The van der Waals surface area contributed by atoms with E-state index in [2.05, 4.69) is 15.3 Å². The first kappa shape index (κ1) is 19.4. The molecular weight excluding hydrogens is 443 g/mol. The Kier molecular flexibility index (Phi) is 5.00. The van der Waals surface area contributed by atoms with Crippen LogP contribution in [-0.4, -0.2) is 25.0 Å². The molecule has 9 nitrogen and oxygen atoms in total. The summed E-state index contributed by atoms with van der Waals surface area (Å²) in [4.78, 5) is 25.5. The molecule has 2 aromatic heterocycles. The van der Waals surface area contributed by atoms with E-state index in [1.54, 1.807) is 12.1 Å². The van der Waals surface area contributed by atoms with Crippen molar-refractivity contribution in [1.82, 2.24) is 25.0 Å². The molecule has 12 heteroatoms. The minimum atomic E-state index is -0.890. The van der Waals surface area contributed by atoms with Gasteiger partial charge >= 0.3 is 5.69 Å². The average molecular weight is 452 g/mol. The van der Waals surface area contributed by atoms with Crippen LogP contribution < -0.4 is 16.0 Å². The number of H-pyrrole nitrogens is 1. The molecule has 0 amide bonds. The Bertz CT molecular complexity index is 1270. The van der Waals surface area contributed by atoms with Crippen molar-refractivity contribution in [2.75, 3.05) is 0 Å². The van der Waals surface area contributed by atoms with Gasteiger partial charge in [0, 0.05) is 6.07 Å². The van der Waals surface area contributed by atoms with E-state index in [0.717, 1.165) is 23.1 Å². The number of nitrogens with one attached hydrogen (secondary N) is 1. The quantitative estimate of drug-likeness (QED) is 0.645. The number of halogens is 3. The molecule has 4 rings (SSSR count). The van der Waals surface area contributed by atoms with Gasteiger partial charge in [-0.05, 0) is 36.5 Å². The fourth-order valence-electron chi connectivity index (χ4n) is 2.62. The van der Waals surface area contributed by atoms with Crippen LogP contribution in [0.15, 0.2) is 27.8 Å². The van der Waals surface area contributed by atoms with E-state index in [-0.39, 0.29) is 27.4 Å². The molecule has 1 fully saturated rings. The number of aromatic amines is 1. The maximum absolute atomic E-state index is 12.0. The summed E-state index contributed by atoms with van der Waals surface area (Å²) in [6.45, 7) is 0. The number of rotatable bonds is 4. The van der Waals surface area contributed by atoms with Gasteiger partial charge in [0.2, 0.25) is 11.6 Å². The predicted octanol–water partition coefficient (Wildman–Crippen LogP) is 3.21. The lowest BCUT2D eigenvalue weighted by atomic mass is 10.2. The monoisotopic (exact) mass is 450 g/mol. The zero-order chi connectivity index (χ0) is 20.7. The van der Waals surface area contributed by atoms with E-state index in [1.807, 2.05) is 4.98 Å². The van der Waals surface area contributed by atoms with Crippen molar-refractivity contribution in [2.45, 2.75) is 18.8 Å². The fourth-order valence-corrected chi connectivity index (χ4v) is 3.42. The van der Waals surface area contributed by atoms with Gasteiger partial charge in [0.1, 0.15) is 6.07 Å². The van der Waals surface area contributed by atoms with Crippen LogP contribution in [0.5, 0.6) is 11.6 Å². The highest BCUT2D eigenvalue weighted by Gasteiger charge is 2.27. The van der Waals surface area contributed by atoms with Crippen molar-refractivity contribution in [3.63, 3.8) is 0 Å². The summed E-state index contributed by atoms with van der Waals surface area (Å²) >= 11 is 18.6. The standard InChI is InChI=1S/C17H9Cl3N6O3/c18-10-3-8(26-17(28)22-16(27)12(6-21)25-26)4-11(19)14(10)29-13-5-9(7-1-2-7)15(20)24-23-13/h3-5,7H,1-2H2,(H,22,27,28). The molecule has 1 aliphatic rings. The smallest absolute Gasteiger partial charge is 0.349 e. The van der Waals surface area contributed by atoms with Crippen molar-refractivity contribution in [1.29, 1.82) is 5.26 Å². The number of ether oxygens (including phenoxy) is 1. The van der Waals surface area contributed by atoms with Gasteiger partial charge in [-0.3, -0.25) is 9.78 Å². The Balaban J connectivity index is 1.72. The third kappa shape index (κ3) is 3.82. The third-order valence-electron chi connectivity index (χ3n) is 4.14. The Morgan fingerprint density at radius 1 is 1.14 bits per heavy atom. The average Bonchev–Trinajstić information content (AvgIpc) is 3.51. The van der Waals surface area contributed by atoms with Crippen LogP contribution in [0, 0.1) is 11.3 Å². The second kappa shape index (κ2) is 7.48. The van der Waals surface area contributed by atoms with Crippen LogP contribution in [0.25, 0.3) is 5.69 Å². The zero-order valence-corrected chi connectivity index (χ0v) is 16.6. The first-order valence-corrected chi connectivity index (χ1v) is 9.35. The molecule has 0 atom stereocenters. The molecule has 0 bridgehead atoms. The summed E-state index contributed by atoms with van der Waals surface area (Å²) in [5.74, 6) is 0.591. The van der Waals surface area contributed by atoms with Crippen LogP contribution in [0.4, 0.5) is 0 Å². The van der Waals surface area contributed by atoms with Crippen molar-refractivity contribution >= 4 is 34.8 Å². The minimum absolute atomic E-state index is 0.0515. The molecule has 0 unspecified atom stereocenters. The summed E-state index contributed by atoms with van der Waals surface area (Å²) in [7, 11) is 0. The van der Waals surface area contributed by atoms with Crippen LogP contribution >= 0.6 is 34.8 Å². The van der Waals surface area contributed by atoms with Gasteiger partial charge in [0.15, 0.2) is 10.9 Å². The Morgan fingerprint density at radius 3 is 2.45 bits per heavy atom. The number of nitrogens with zero attached hydrogens (tertiary/aromatic N) is 5. The molecule has 0 radical (unpaired) electrons. The van der Waals surface area contributed by atoms with Crippen LogP contribution in [-0.2, 0) is 0 Å². The number of aromatic nitrogens is 5. The zero-order valence-electron chi connectivity index (χ0n) is 14.3. The van der Waals surface area contributed by atoms with Gasteiger partial charge in [-0.25, -0.2) is 4.79 Å². The lowest BCUT2D eigenvalue weighted by molar-refractivity contribution is 0.454. The van der Waals surface area contributed by atoms with E-state index < -0.39 is 16.9 Å². The summed E-state index contributed by atoms with van der Waals surface area (Å²) < 4.78 is 6.48. The molecule has 0 spiro atoms. The number of benzene rings is 1. The van der Waals surface area contributed by atoms with Gasteiger partial charge in [0.05, 0.1) is 15.7 Å². The lowest BCUT2D eigenvalue weighted by Gasteiger charge is -2.12. The van der Waals surface area contributed by atoms with Crippen molar-refractivity contribution < 1.29 is 4.74 Å². The minimum Gasteiger partial charge on any atom is -0.434 e. The van der Waals surface area contributed by atoms with Crippen molar-refractivity contribution in [2.24, 2.45) is 0 Å². The van der Waals surface area contributed by atoms with Crippen LogP contribution in [0.2, 0.25) is 15.2 Å². The van der Waals surface area contributed by atoms with Crippen molar-refractivity contribution in [3.05, 3.63) is 65.5 Å². The molecule has 0 aliphatic heterocycles. The number of nitriles is 1. The Morgan fingerprint density at radius 2 is 1.83 bits per heavy atom. The summed E-state index contributed by atoms with van der Waals surface area (Å²) in [6.07, 6.45) is 2.04. The highest BCUT2D eigenvalue weighted by molar-refractivity contribution is 6.37. The molecule has 1 saturated carbocycles. The predicted molar refractivity (Wildman–Crippen MR) is 104 cm³/mol. The first-order chi connectivity index (χ1) is 13.9. The highest BCUT2D eigenvalue weighted by atomic mass is 35.5. The maximum Gasteiger partial charge on any atom is 0.349 e. The molecule has 29 heavy (non-hydrogen) atoms. The van der Waals surface area contributed by atoms with E-state index >= 15 is 0 Å². The summed E-state index contributed by atoms with van der Waals surface area (Å²) in [5.41, 5.74) is -1.26. The van der Waals surface area contributed by atoms with Gasteiger partial charge in [-0.1, -0.05) is 34.8 Å². The van der Waals surface area contributed by atoms with E-state index in [0.29, 0.717) is 11.1 Å². The molecular formula is C17H9Cl3N6O3. The number of hydrogen-bond donors (Lipinski definition) is 1. The summed E-state index contributed by atoms with van der Waals surface area (Å²) in [5, 5.41) is 20.8. The molecule has 0 saturated heterocycles. The molecule has 1 aromatic carbocycles. The second-order valence-electron chi connectivity index (χ2n) is 6.18. The Hall–Kier alpha value is -2.93. The first-order valence-electron chi connectivity index (χ1n) is 8.21. The maximum atomic E-state index is 12.0. The SMILES string of the molecule is N#Cc1nn(-c2cc(Cl)c(Oc3cc(C4CC4)c(Cl)nn3)c(Cl)c2)c(=O)[nH]c1=O. The lowest BCUT2D eigenvalue weighted by Crippen LogP contribution is -2.33. The molecule has 146 valence electrons. The van der Waals surface area contributed by atoms with E-state index in [1.165, 1.54) is 12.1 Å². The van der Waals surface area contributed by atoms with Gasteiger partial charge < -0.3 is 4.74 Å². The number of hydrogen-bond acceptors (Lipinski definition) is 7.